The minimum Gasteiger partial charge on any atom is -0.465 e. The second-order valence-electron chi connectivity index (χ2n) is 4.95. The van der Waals surface area contributed by atoms with Gasteiger partial charge in [0.25, 0.3) is 0 Å². The molecule has 0 spiro atoms. The minimum absolute atomic E-state index is 0.236. The van der Waals surface area contributed by atoms with Crippen LogP contribution in [0.4, 0.5) is 23.7 Å². The summed E-state index contributed by atoms with van der Waals surface area (Å²) in [5, 5.41) is 9.36. The number of rotatable bonds is 4. The van der Waals surface area contributed by atoms with E-state index in [1.807, 2.05) is 0 Å². The lowest BCUT2D eigenvalue weighted by Crippen LogP contribution is -2.37. The van der Waals surface area contributed by atoms with Crippen molar-refractivity contribution < 1.29 is 27.8 Å². The number of ether oxygens (including phenoxy) is 1. The van der Waals surface area contributed by atoms with Crippen LogP contribution >= 0.6 is 34.8 Å². The van der Waals surface area contributed by atoms with E-state index in [1.54, 1.807) is 18.2 Å². The predicted molar refractivity (Wildman–Crippen MR) is 91.4 cm³/mol. The van der Waals surface area contributed by atoms with Gasteiger partial charge >= 0.3 is 12.3 Å². The number of pyridine rings is 1. The third-order valence-electron chi connectivity index (χ3n) is 2.98. The fraction of sp³-hybridized carbons (Fsp3) is 0.200. The summed E-state index contributed by atoms with van der Waals surface area (Å²) in [6, 6.07) is 8.53. The van der Waals surface area contributed by atoms with Crippen molar-refractivity contribution in [3.63, 3.8) is 0 Å². The molecule has 1 N–H and O–H groups in total. The maximum Gasteiger partial charge on any atom is 0.417 e. The van der Waals surface area contributed by atoms with Gasteiger partial charge in [0.2, 0.25) is 9.67 Å². The first-order chi connectivity index (χ1) is 12.0. The highest BCUT2D eigenvalue weighted by atomic mass is 35.6. The number of hydrogen-bond acceptors (Lipinski definition) is 3. The quantitative estimate of drug-likeness (QED) is 0.629. The monoisotopic (exact) mass is 428 g/mol. The average molecular weight is 430 g/mol. The number of halogens is 6. The lowest BCUT2D eigenvalue weighted by atomic mass is 10.2. The van der Waals surface area contributed by atoms with Crippen LogP contribution < -0.4 is 9.64 Å². The molecule has 1 aromatic heterocycles. The van der Waals surface area contributed by atoms with Crippen molar-refractivity contribution in [3.8, 4) is 11.6 Å². The van der Waals surface area contributed by atoms with Crippen LogP contribution in [0.15, 0.2) is 42.6 Å². The van der Waals surface area contributed by atoms with Crippen molar-refractivity contribution in [1.29, 1.82) is 0 Å². The summed E-state index contributed by atoms with van der Waals surface area (Å²) in [5.41, 5.74) is -1.69. The van der Waals surface area contributed by atoms with E-state index < -0.39 is 33.9 Å². The van der Waals surface area contributed by atoms with Crippen LogP contribution in [0.3, 0.4) is 0 Å². The second kappa shape index (κ2) is 7.77. The highest BCUT2D eigenvalue weighted by Gasteiger charge is 2.35. The van der Waals surface area contributed by atoms with Gasteiger partial charge < -0.3 is 9.84 Å². The van der Waals surface area contributed by atoms with Gasteiger partial charge in [0.15, 0.2) is 0 Å². The zero-order valence-electron chi connectivity index (χ0n) is 12.7. The third kappa shape index (κ3) is 5.55. The number of para-hydroxylation sites is 1. The number of benzene rings is 1. The molecular formula is C15H10Cl3F3N2O3. The average Bonchev–Trinajstić information content (AvgIpc) is 2.52. The standard InChI is InChI=1S/C15H10Cl3F3N2O3/c16-14(17,18)8-23(13(24)25)11-6-9(15(19,20)21)7-22-12(11)26-10-4-2-1-3-5-10/h1-7H,8H2,(H,24,25). The number of carboxylic acid groups (broad SMARTS) is 1. The number of alkyl halides is 6. The van der Waals surface area contributed by atoms with Crippen LogP contribution in [0.1, 0.15) is 5.56 Å². The number of anilines is 1. The van der Waals surface area contributed by atoms with E-state index in [0.29, 0.717) is 17.2 Å². The summed E-state index contributed by atoms with van der Waals surface area (Å²) in [4.78, 5) is 15.6. The molecule has 0 saturated carbocycles. The summed E-state index contributed by atoms with van der Waals surface area (Å²) in [5.74, 6) is -0.152. The Kier molecular flexibility index (Phi) is 6.10. The van der Waals surface area contributed by atoms with Crippen LogP contribution in [0.2, 0.25) is 0 Å². The van der Waals surface area contributed by atoms with Gasteiger partial charge in [-0.15, -0.1) is 0 Å². The van der Waals surface area contributed by atoms with Gasteiger partial charge in [-0.05, 0) is 18.2 Å². The summed E-state index contributed by atoms with van der Waals surface area (Å²) >= 11 is 16.8. The highest BCUT2D eigenvalue weighted by Crippen LogP contribution is 2.38. The molecular weight excluding hydrogens is 420 g/mol. The van der Waals surface area contributed by atoms with Gasteiger partial charge in [0.05, 0.1) is 12.1 Å². The Labute approximate surface area is 160 Å². The van der Waals surface area contributed by atoms with E-state index >= 15 is 0 Å². The molecule has 5 nitrogen and oxygen atoms in total. The van der Waals surface area contributed by atoms with Crippen molar-refractivity contribution in [2.75, 3.05) is 11.4 Å². The van der Waals surface area contributed by atoms with E-state index in [4.69, 9.17) is 39.5 Å². The molecule has 1 heterocycles. The van der Waals surface area contributed by atoms with Gasteiger partial charge in [-0.3, -0.25) is 4.90 Å². The Hall–Kier alpha value is -1.90. The van der Waals surface area contributed by atoms with Crippen molar-refractivity contribution in [3.05, 3.63) is 48.2 Å². The van der Waals surface area contributed by atoms with Crippen LogP contribution in [-0.2, 0) is 6.18 Å². The molecule has 0 aliphatic rings. The van der Waals surface area contributed by atoms with Crippen LogP contribution in [0.25, 0.3) is 0 Å². The zero-order chi connectivity index (χ0) is 19.5. The first-order valence-corrected chi connectivity index (χ1v) is 7.98. The summed E-state index contributed by atoms with van der Waals surface area (Å²) in [6.07, 6.45) is -5.87. The maximum atomic E-state index is 13.0. The maximum absolute atomic E-state index is 13.0. The molecule has 0 fully saturated rings. The van der Waals surface area contributed by atoms with Gasteiger partial charge in [0, 0.05) is 6.20 Å². The van der Waals surface area contributed by atoms with Gasteiger partial charge in [0.1, 0.15) is 11.4 Å². The van der Waals surface area contributed by atoms with Gasteiger partial charge in [-0.1, -0.05) is 53.0 Å². The van der Waals surface area contributed by atoms with Crippen molar-refractivity contribution in [2.45, 2.75) is 9.97 Å². The summed E-state index contributed by atoms with van der Waals surface area (Å²) < 4.78 is 42.3. The smallest absolute Gasteiger partial charge is 0.417 e. The lowest BCUT2D eigenvalue weighted by molar-refractivity contribution is -0.137. The Balaban J connectivity index is 2.55. The van der Waals surface area contributed by atoms with E-state index in [2.05, 4.69) is 4.98 Å². The number of amides is 1. The third-order valence-corrected chi connectivity index (χ3v) is 3.33. The Morgan fingerprint density at radius 1 is 1.19 bits per heavy atom. The Morgan fingerprint density at radius 3 is 2.31 bits per heavy atom. The fourth-order valence-corrected chi connectivity index (χ4v) is 2.26. The molecule has 0 aliphatic carbocycles. The number of hydrogen-bond donors (Lipinski definition) is 1. The normalized spacial score (nSPS) is 11.9. The Bertz CT molecular complexity index is 783. The lowest BCUT2D eigenvalue weighted by Gasteiger charge is -2.25. The SMILES string of the molecule is O=C(O)N(CC(Cl)(Cl)Cl)c1cc(C(F)(F)F)cnc1Oc1ccccc1. The van der Waals surface area contributed by atoms with Crippen molar-refractivity contribution in [2.24, 2.45) is 0 Å². The van der Waals surface area contributed by atoms with E-state index in [9.17, 15) is 23.1 Å². The van der Waals surface area contributed by atoms with Crippen molar-refractivity contribution >= 4 is 46.6 Å². The number of nitrogens with zero attached hydrogens (tertiary/aromatic N) is 2. The molecule has 11 heteroatoms. The summed E-state index contributed by atoms with van der Waals surface area (Å²) in [6.45, 7) is -0.735. The first-order valence-electron chi connectivity index (χ1n) is 6.85. The second-order valence-corrected chi connectivity index (χ2v) is 7.46. The van der Waals surface area contributed by atoms with Gasteiger partial charge in [-0.2, -0.15) is 13.2 Å². The molecule has 0 saturated heterocycles. The summed E-state index contributed by atoms with van der Waals surface area (Å²) in [7, 11) is 0. The number of aromatic nitrogens is 1. The molecule has 0 radical (unpaired) electrons. The topological polar surface area (TPSA) is 62.7 Å². The molecule has 1 amide bonds. The molecule has 1 aromatic carbocycles. The van der Waals surface area contributed by atoms with Crippen molar-refractivity contribution in [1.82, 2.24) is 4.98 Å². The van der Waals surface area contributed by atoms with Crippen LogP contribution in [0, 0.1) is 0 Å². The van der Waals surface area contributed by atoms with E-state index in [1.165, 1.54) is 12.1 Å². The first kappa shape index (κ1) is 20.4. The molecule has 2 rings (SSSR count). The molecule has 2 aromatic rings. The molecule has 0 aliphatic heterocycles. The number of carbonyl (C=O) groups is 1. The van der Waals surface area contributed by atoms with Crippen LogP contribution in [-0.4, -0.2) is 26.5 Å². The largest absolute Gasteiger partial charge is 0.465 e. The predicted octanol–water partition coefficient (Wildman–Crippen LogP) is 5.75. The van der Waals surface area contributed by atoms with E-state index in [-0.39, 0.29) is 11.6 Å². The Morgan fingerprint density at radius 2 is 1.81 bits per heavy atom. The minimum atomic E-state index is -4.75. The van der Waals surface area contributed by atoms with E-state index in [0.717, 1.165) is 0 Å². The molecule has 140 valence electrons. The molecule has 0 bridgehead atoms. The van der Waals surface area contributed by atoms with Gasteiger partial charge in [-0.25, -0.2) is 9.78 Å². The molecule has 26 heavy (non-hydrogen) atoms. The zero-order valence-corrected chi connectivity index (χ0v) is 14.9. The fourth-order valence-electron chi connectivity index (χ4n) is 1.90. The van der Waals surface area contributed by atoms with Crippen LogP contribution in [0.5, 0.6) is 11.6 Å². The molecule has 0 atom stereocenters. The molecule has 0 unspecified atom stereocenters. The highest BCUT2D eigenvalue weighted by molar-refractivity contribution is 6.68.